The van der Waals surface area contributed by atoms with Crippen LogP contribution >= 0.6 is 11.8 Å². The Labute approximate surface area is 199 Å². The van der Waals surface area contributed by atoms with Gasteiger partial charge >= 0.3 is 0 Å². The highest BCUT2D eigenvalue weighted by Gasteiger charge is 2.46. The van der Waals surface area contributed by atoms with Crippen molar-refractivity contribution in [2.24, 2.45) is 22.7 Å². The van der Waals surface area contributed by atoms with E-state index in [4.69, 9.17) is 0 Å². The first kappa shape index (κ1) is 21.3. The summed E-state index contributed by atoms with van der Waals surface area (Å²) in [5, 5.41) is 5.44. The Bertz CT molecular complexity index is 1120. The predicted octanol–water partition coefficient (Wildman–Crippen LogP) is 4.58. The number of aromatic amines is 1. The predicted molar refractivity (Wildman–Crippen MR) is 132 cm³/mol. The number of piperidine rings is 1. The Hall–Kier alpha value is -2.28. The number of likely N-dealkylation sites (tertiary alicyclic amines) is 1. The molecule has 0 radical (unpaired) electrons. The number of carbonyl (C=O) groups excluding carboxylic acids is 2. The number of nitrogens with zero attached hydrogens (tertiary/aromatic N) is 2. The number of para-hydroxylation sites is 1. The molecule has 4 aliphatic rings. The van der Waals surface area contributed by atoms with Gasteiger partial charge in [-0.3, -0.25) is 9.59 Å². The van der Waals surface area contributed by atoms with E-state index in [1.54, 1.807) is 11.8 Å². The van der Waals surface area contributed by atoms with Crippen LogP contribution in [0.1, 0.15) is 62.2 Å². The van der Waals surface area contributed by atoms with E-state index in [-0.39, 0.29) is 11.8 Å². The van der Waals surface area contributed by atoms with Crippen molar-refractivity contribution >= 4 is 39.6 Å². The van der Waals surface area contributed by atoms with Crippen LogP contribution in [0.5, 0.6) is 0 Å². The van der Waals surface area contributed by atoms with Crippen molar-refractivity contribution in [2.45, 2.75) is 62.7 Å². The van der Waals surface area contributed by atoms with Gasteiger partial charge in [0.1, 0.15) is 4.75 Å². The second kappa shape index (κ2) is 8.19. The maximum atomic E-state index is 13.1. The number of hydrogen-bond donors (Lipinski definition) is 2. The maximum Gasteiger partial charge on any atom is 0.264 e. The van der Waals surface area contributed by atoms with Crippen molar-refractivity contribution in [3.63, 3.8) is 0 Å². The molecule has 2 amide bonds. The molecule has 1 saturated heterocycles. The summed E-state index contributed by atoms with van der Waals surface area (Å²) in [6.45, 7) is 3.55. The Kier molecular flexibility index (Phi) is 5.28. The minimum atomic E-state index is -0.479. The molecule has 3 heterocycles. The third kappa shape index (κ3) is 3.88. The summed E-state index contributed by atoms with van der Waals surface area (Å²) < 4.78 is -0.479. The van der Waals surface area contributed by atoms with Crippen LogP contribution in [0, 0.1) is 17.8 Å². The average molecular weight is 465 g/mol. The van der Waals surface area contributed by atoms with E-state index < -0.39 is 4.75 Å². The largest absolute Gasteiger partial charge is 0.361 e. The van der Waals surface area contributed by atoms with Gasteiger partial charge < -0.3 is 15.2 Å². The summed E-state index contributed by atoms with van der Waals surface area (Å²) in [6.07, 6.45) is 9.81. The highest BCUT2D eigenvalue weighted by atomic mass is 32.2. The van der Waals surface area contributed by atoms with Crippen molar-refractivity contribution in [2.75, 3.05) is 13.1 Å². The maximum absolute atomic E-state index is 13.1. The molecule has 174 valence electrons. The molecule has 2 N–H and O–H groups in total. The molecule has 2 aromatic rings. The lowest BCUT2D eigenvalue weighted by molar-refractivity contribution is -0.119. The van der Waals surface area contributed by atoms with Crippen LogP contribution in [-0.2, 0) is 4.79 Å². The van der Waals surface area contributed by atoms with Gasteiger partial charge in [0.15, 0.2) is 5.17 Å². The minimum absolute atomic E-state index is 0.00968. The van der Waals surface area contributed by atoms with Crippen LogP contribution in [0.25, 0.3) is 10.9 Å². The van der Waals surface area contributed by atoms with Crippen molar-refractivity contribution < 1.29 is 9.59 Å². The van der Waals surface area contributed by atoms with Gasteiger partial charge in [0.25, 0.3) is 11.8 Å². The average Bonchev–Trinajstić information content (AvgIpc) is 3.58. The number of amidine groups is 1. The first-order chi connectivity index (χ1) is 16.0. The van der Waals surface area contributed by atoms with Crippen molar-refractivity contribution in [3.8, 4) is 0 Å². The summed E-state index contributed by atoms with van der Waals surface area (Å²) >= 11 is 1.64. The number of amides is 2. The number of nitrogens with one attached hydrogen (secondary N) is 2. The van der Waals surface area contributed by atoms with Crippen molar-refractivity contribution in [1.82, 2.24) is 15.2 Å². The minimum Gasteiger partial charge on any atom is -0.361 e. The van der Waals surface area contributed by atoms with Crippen LogP contribution in [0.3, 0.4) is 0 Å². The number of fused-ring (bicyclic) bond motifs is 3. The SMILES string of the molecule is CC1(CC2CCN(C(=O)c3c[nH]c4ccccc34)CC2)SC(N[C@H]2C[C@H]3CC[C@H]2C3)=NC1=O. The van der Waals surface area contributed by atoms with E-state index in [0.717, 1.165) is 65.8 Å². The monoisotopic (exact) mass is 464 g/mol. The van der Waals surface area contributed by atoms with Crippen molar-refractivity contribution in [1.29, 1.82) is 0 Å². The Morgan fingerprint density at radius 3 is 2.79 bits per heavy atom. The highest BCUT2D eigenvalue weighted by molar-refractivity contribution is 8.16. The number of benzene rings is 1. The Morgan fingerprint density at radius 2 is 2.03 bits per heavy atom. The normalized spacial score (nSPS) is 32.0. The summed E-state index contributed by atoms with van der Waals surface area (Å²) in [6, 6.07) is 8.45. The lowest BCUT2D eigenvalue weighted by Gasteiger charge is -2.35. The van der Waals surface area contributed by atoms with E-state index in [9.17, 15) is 9.59 Å². The number of thioether (sulfide) groups is 1. The van der Waals surface area contributed by atoms with Crippen LogP contribution in [-0.4, -0.2) is 50.7 Å². The number of H-pyrrole nitrogens is 1. The second-order valence-electron chi connectivity index (χ2n) is 10.7. The van der Waals surface area contributed by atoms with Crippen molar-refractivity contribution in [3.05, 3.63) is 36.0 Å². The van der Waals surface area contributed by atoms with Gasteiger partial charge in [-0.2, -0.15) is 4.99 Å². The number of carbonyl (C=O) groups is 2. The molecule has 3 fully saturated rings. The summed E-state index contributed by atoms with van der Waals surface area (Å²) in [7, 11) is 0. The van der Waals surface area contributed by atoms with Gasteiger partial charge in [-0.25, -0.2) is 0 Å². The first-order valence-corrected chi connectivity index (χ1v) is 13.2. The van der Waals surface area contributed by atoms with Gasteiger partial charge in [-0.05, 0) is 69.3 Å². The number of aromatic nitrogens is 1. The molecule has 33 heavy (non-hydrogen) atoms. The summed E-state index contributed by atoms with van der Waals surface area (Å²) in [4.78, 5) is 35.6. The zero-order chi connectivity index (χ0) is 22.6. The van der Waals surface area contributed by atoms with Gasteiger partial charge in [-0.1, -0.05) is 36.4 Å². The molecular weight excluding hydrogens is 432 g/mol. The number of aliphatic imine (C=N–C) groups is 1. The van der Waals surface area contributed by atoms with E-state index in [1.807, 2.05) is 35.4 Å². The third-order valence-electron chi connectivity index (χ3n) is 8.42. The number of hydrogen-bond acceptors (Lipinski definition) is 4. The van der Waals surface area contributed by atoms with Gasteiger partial charge in [-0.15, -0.1) is 0 Å². The molecule has 1 aromatic carbocycles. The quantitative estimate of drug-likeness (QED) is 0.695. The van der Waals surface area contributed by atoms with Gasteiger partial charge in [0.05, 0.1) is 5.56 Å². The molecule has 0 spiro atoms. The third-order valence-corrected chi connectivity index (χ3v) is 9.62. The fourth-order valence-corrected chi connectivity index (χ4v) is 7.79. The smallest absolute Gasteiger partial charge is 0.264 e. The molecule has 2 aliphatic carbocycles. The van der Waals surface area contributed by atoms with Crippen LogP contribution in [0.4, 0.5) is 0 Å². The lowest BCUT2D eigenvalue weighted by atomic mass is 9.87. The molecule has 2 aliphatic heterocycles. The van der Waals surface area contributed by atoms with E-state index in [2.05, 4.69) is 22.2 Å². The molecule has 7 heteroatoms. The van der Waals surface area contributed by atoms with Crippen LogP contribution in [0.2, 0.25) is 0 Å². The van der Waals surface area contributed by atoms with E-state index in [1.165, 1.54) is 25.7 Å². The van der Waals surface area contributed by atoms with Gasteiger partial charge in [0, 0.05) is 36.2 Å². The molecule has 6 rings (SSSR count). The Balaban J connectivity index is 1.04. The summed E-state index contributed by atoms with van der Waals surface area (Å²) in [5.74, 6) is 2.19. The molecule has 2 bridgehead atoms. The zero-order valence-electron chi connectivity index (χ0n) is 19.2. The fourth-order valence-electron chi connectivity index (χ4n) is 6.57. The first-order valence-electron chi connectivity index (χ1n) is 12.4. The Morgan fingerprint density at radius 1 is 1.21 bits per heavy atom. The molecule has 1 unspecified atom stereocenters. The molecule has 6 nitrogen and oxygen atoms in total. The summed E-state index contributed by atoms with van der Waals surface area (Å²) in [5.41, 5.74) is 1.75. The van der Waals surface area contributed by atoms with Gasteiger partial charge in [0.2, 0.25) is 0 Å². The standard InChI is InChI=1S/C26H32N4O2S/c1-26(24(32)29-25(33-26)28-22-13-17-6-7-18(22)12-17)14-16-8-10-30(11-9-16)23(31)20-15-27-21-5-3-2-4-19(20)21/h2-5,15-18,22,27H,6-14H2,1H3,(H,28,29,32)/t17-,18-,22-,26?/m0/s1. The second-order valence-corrected chi connectivity index (χ2v) is 12.2. The highest BCUT2D eigenvalue weighted by Crippen LogP contribution is 2.46. The van der Waals surface area contributed by atoms with E-state index in [0.29, 0.717) is 12.0 Å². The molecule has 1 aromatic heterocycles. The van der Waals surface area contributed by atoms with Crippen LogP contribution in [0.15, 0.2) is 35.5 Å². The van der Waals surface area contributed by atoms with Crippen LogP contribution < -0.4 is 5.32 Å². The fraction of sp³-hybridized carbons (Fsp3) is 0.577. The molecular formula is C26H32N4O2S. The van der Waals surface area contributed by atoms with E-state index >= 15 is 0 Å². The molecule has 2 saturated carbocycles. The topological polar surface area (TPSA) is 77.6 Å². The zero-order valence-corrected chi connectivity index (χ0v) is 20.0. The lowest BCUT2D eigenvalue weighted by Crippen LogP contribution is -2.41. The molecule has 4 atom stereocenters. The number of rotatable bonds is 4.